The van der Waals surface area contributed by atoms with Gasteiger partial charge < -0.3 is 10.6 Å². The topological polar surface area (TPSA) is 66.9 Å². The second-order valence-corrected chi connectivity index (χ2v) is 4.91. The third-order valence-corrected chi connectivity index (χ3v) is 3.34. The maximum atomic E-state index is 11.7. The number of nitrogens with zero attached hydrogens (tertiary/aromatic N) is 2. The Morgan fingerprint density at radius 3 is 2.83 bits per heavy atom. The van der Waals surface area contributed by atoms with E-state index in [-0.39, 0.29) is 5.91 Å². The van der Waals surface area contributed by atoms with E-state index in [9.17, 15) is 4.79 Å². The highest BCUT2D eigenvalue weighted by molar-refractivity contribution is 6.29. The van der Waals surface area contributed by atoms with E-state index >= 15 is 0 Å². The van der Waals surface area contributed by atoms with Crippen molar-refractivity contribution in [1.82, 2.24) is 15.5 Å². The first kappa shape index (κ1) is 13.2. The normalized spacial score (nSPS) is 16.5. The van der Waals surface area contributed by atoms with Gasteiger partial charge in [-0.25, -0.2) is 0 Å². The zero-order valence-electron chi connectivity index (χ0n) is 10.2. The van der Waals surface area contributed by atoms with E-state index in [1.165, 1.54) is 0 Å². The van der Waals surface area contributed by atoms with Gasteiger partial charge in [-0.2, -0.15) is 0 Å². The van der Waals surface area contributed by atoms with E-state index in [2.05, 4.69) is 20.8 Å². The SMILES string of the molecule is O=C(CCC1CCNCC1)Nc1ccc(Cl)nn1. The van der Waals surface area contributed by atoms with Crippen molar-refractivity contribution in [3.05, 3.63) is 17.3 Å². The molecular formula is C12H17ClN4O. The minimum absolute atomic E-state index is 0.00912. The lowest BCUT2D eigenvalue weighted by molar-refractivity contribution is -0.116. The molecule has 0 saturated carbocycles. The van der Waals surface area contributed by atoms with Crippen molar-refractivity contribution in [2.24, 2.45) is 5.92 Å². The van der Waals surface area contributed by atoms with Crippen molar-refractivity contribution in [3.63, 3.8) is 0 Å². The Morgan fingerprint density at radius 1 is 1.39 bits per heavy atom. The first-order valence-corrected chi connectivity index (χ1v) is 6.61. The largest absolute Gasteiger partial charge is 0.317 e. The van der Waals surface area contributed by atoms with Crippen molar-refractivity contribution >= 4 is 23.3 Å². The van der Waals surface area contributed by atoms with Gasteiger partial charge in [-0.05, 0) is 50.4 Å². The van der Waals surface area contributed by atoms with Crippen LogP contribution in [0.5, 0.6) is 0 Å². The van der Waals surface area contributed by atoms with E-state index in [4.69, 9.17) is 11.6 Å². The fourth-order valence-electron chi connectivity index (χ4n) is 2.09. The van der Waals surface area contributed by atoms with Crippen LogP contribution in [-0.4, -0.2) is 29.2 Å². The Hall–Kier alpha value is -1.20. The number of hydrogen-bond donors (Lipinski definition) is 2. The lowest BCUT2D eigenvalue weighted by Gasteiger charge is -2.22. The zero-order valence-corrected chi connectivity index (χ0v) is 10.9. The van der Waals surface area contributed by atoms with Crippen LogP contribution in [0.3, 0.4) is 0 Å². The number of amides is 1. The van der Waals surface area contributed by atoms with Gasteiger partial charge in [0.25, 0.3) is 0 Å². The van der Waals surface area contributed by atoms with Crippen molar-refractivity contribution in [2.75, 3.05) is 18.4 Å². The molecule has 0 unspecified atom stereocenters. The minimum Gasteiger partial charge on any atom is -0.317 e. The number of aromatic nitrogens is 2. The molecule has 0 radical (unpaired) electrons. The molecule has 2 heterocycles. The maximum absolute atomic E-state index is 11.7. The van der Waals surface area contributed by atoms with Gasteiger partial charge >= 0.3 is 0 Å². The summed E-state index contributed by atoms with van der Waals surface area (Å²) in [5, 5.41) is 13.8. The predicted molar refractivity (Wildman–Crippen MR) is 70.5 cm³/mol. The van der Waals surface area contributed by atoms with Crippen LogP contribution in [0, 0.1) is 5.92 Å². The van der Waals surface area contributed by atoms with E-state index in [1.807, 2.05) is 0 Å². The molecule has 2 rings (SSSR count). The van der Waals surface area contributed by atoms with E-state index < -0.39 is 0 Å². The Bertz CT molecular complexity index is 390. The Labute approximate surface area is 111 Å². The maximum Gasteiger partial charge on any atom is 0.225 e. The lowest BCUT2D eigenvalue weighted by Crippen LogP contribution is -2.28. The highest BCUT2D eigenvalue weighted by Crippen LogP contribution is 2.18. The minimum atomic E-state index is -0.00912. The molecular weight excluding hydrogens is 252 g/mol. The smallest absolute Gasteiger partial charge is 0.225 e. The molecule has 0 spiro atoms. The number of hydrogen-bond acceptors (Lipinski definition) is 4. The highest BCUT2D eigenvalue weighted by atomic mass is 35.5. The van der Waals surface area contributed by atoms with Crippen LogP contribution in [0.4, 0.5) is 5.82 Å². The number of piperidine rings is 1. The van der Waals surface area contributed by atoms with Gasteiger partial charge in [-0.1, -0.05) is 11.6 Å². The van der Waals surface area contributed by atoms with Crippen molar-refractivity contribution < 1.29 is 4.79 Å². The fourth-order valence-corrected chi connectivity index (χ4v) is 2.19. The summed E-state index contributed by atoms with van der Waals surface area (Å²) in [5.41, 5.74) is 0. The van der Waals surface area contributed by atoms with Crippen molar-refractivity contribution in [2.45, 2.75) is 25.7 Å². The molecule has 0 aliphatic carbocycles. The number of carbonyl (C=O) groups excluding carboxylic acids is 1. The monoisotopic (exact) mass is 268 g/mol. The summed E-state index contributed by atoms with van der Waals surface area (Å²) in [7, 11) is 0. The standard InChI is InChI=1S/C12H17ClN4O/c13-10-2-3-11(17-16-10)15-12(18)4-1-9-5-7-14-8-6-9/h2-3,9,14H,1,4-8H2,(H,15,17,18). The zero-order chi connectivity index (χ0) is 12.8. The van der Waals surface area contributed by atoms with Gasteiger partial charge in [0.15, 0.2) is 11.0 Å². The average Bonchev–Trinajstić information content (AvgIpc) is 2.40. The number of carbonyl (C=O) groups is 1. The van der Waals surface area contributed by atoms with Crippen LogP contribution < -0.4 is 10.6 Å². The van der Waals surface area contributed by atoms with E-state index in [1.54, 1.807) is 12.1 Å². The van der Waals surface area contributed by atoms with Crippen LogP contribution in [0.2, 0.25) is 5.15 Å². The first-order valence-electron chi connectivity index (χ1n) is 6.24. The van der Waals surface area contributed by atoms with Gasteiger partial charge in [0.05, 0.1) is 0 Å². The Balaban J connectivity index is 1.73. The highest BCUT2D eigenvalue weighted by Gasteiger charge is 2.14. The van der Waals surface area contributed by atoms with Crippen molar-refractivity contribution in [3.8, 4) is 0 Å². The third kappa shape index (κ3) is 4.23. The van der Waals surface area contributed by atoms with Crippen LogP contribution in [0.15, 0.2) is 12.1 Å². The molecule has 0 bridgehead atoms. The van der Waals surface area contributed by atoms with Crippen LogP contribution in [0.1, 0.15) is 25.7 Å². The summed E-state index contributed by atoms with van der Waals surface area (Å²) in [5.74, 6) is 1.10. The summed E-state index contributed by atoms with van der Waals surface area (Å²) >= 11 is 5.62. The van der Waals surface area contributed by atoms with E-state index in [0.29, 0.717) is 23.3 Å². The van der Waals surface area contributed by atoms with Crippen molar-refractivity contribution in [1.29, 1.82) is 0 Å². The molecule has 2 N–H and O–H groups in total. The first-order chi connectivity index (χ1) is 8.74. The number of rotatable bonds is 4. The predicted octanol–water partition coefficient (Wildman–Crippen LogP) is 1.85. The molecule has 98 valence electrons. The molecule has 1 fully saturated rings. The number of halogens is 1. The molecule has 1 aliphatic rings. The Kier molecular flexibility index (Phi) is 4.90. The second kappa shape index (κ2) is 6.66. The lowest BCUT2D eigenvalue weighted by atomic mass is 9.93. The van der Waals surface area contributed by atoms with E-state index in [0.717, 1.165) is 32.4 Å². The molecule has 6 heteroatoms. The third-order valence-electron chi connectivity index (χ3n) is 3.14. The second-order valence-electron chi connectivity index (χ2n) is 4.52. The molecule has 1 aliphatic heterocycles. The van der Waals surface area contributed by atoms with Gasteiger partial charge in [0.2, 0.25) is 5.91 Å². The van der Waals surface area contributed by atoms with Crippen LogP contribution in [0.25, 0.3) is 0 Å². The quantitative estimate of drug-likeness (QED) is 0.875. The van der Waals surface area contributed by atoms with Gasteiger partial charge in [0.1, 0.15) is 0 Å². The average molecular weight is 269 g/mol. The van der Waals surface area contributed by atoms with Gasteiger partial charge in [0, 0.05) is 6.42 Å². The molecule has 1 aromatic heterocycles. The summed E-state index contributed by atoms with van der Waals surface area (Å²) in [6.07, 6.45) is 3.80. The molecule has 0 aromatic carbocycles. The molecule has 1 aromatic rings. The molecule has 1 saturated heterocycles. The summed E-state index contributed by atoms with van der Waals surface area (Å²) in [4.78, 5) is 11.7. The molecule has 18 heavy (non-hydrogen) atoms. The van der Waals surface area contributed by atoms with Gasteiger partial charge in [-0.3, -0.25) is 4.79 Å². The summed E-state index contributed by atoms with van der Waals surface area (Å²) < 4.78 is 0. The number of nitrogens with one attached hydrogen (secondary N) is 2. The van der Waals surface area contributed by atoms with Crippen LogP contribution in [-0.2, 0) is 4.79 Å². The molecule has 5 nitrogen and oxygen atoms in total. The number of anilines is 1. The summed E-state index contributed by atoms with van der Waals surface area (Å²) in [6.45, 7) is 2.13. The molecule has 1 amide bonds. The van der Waals surface area contributed by atoms with Gasteiger partial charge in [-0.15, -0.1) is 10.2 Å². The summed E-state index contributed by atoms with van der Waals surface area (Å²) in [6, 6.07) is 3.26. The molecule has 0 atom stereocenters. The van der Waals surface area contributed by atoms with Crippen LogP contribution >= 0.6 is 11.6 Å². The fraction of sp³-hybridized carbons (Fsp3) is 0.583. The Morgan fingerprint density at radius 2 is 2.17 bits per heavy atom.